The Kier molecular flexibility index (Phi) is 7.61. The minimum absolute atomic E-state index is 0.0961. The molecule has 0 radical (unpaired) electrons. The summed E-state index contributed by atoms with van der Waals surface area (Å²) in [5, 5.41) is 12.3. The third kappa shape index (κ3) is 6.04. The summed E-state index contributed by atoms with van der Waals surface area (Å²) in [4.78, 5) is 11.0. The van der Waals surface area contributed by atoms with Gasteiger partial charge in [-0.25, -0.2) is 0 Å². The molecule has 0 saturated heterocycles. The Morgan fingerprint density at radius 1 is 1.33 bits per heavy atom. The van der Waals surface area contributed by atoms with Crippen molar-refractivity contribution < 1.29 is 19.4 Å². The molecule has 0 bridgehead atoms. The van der Waals surface area contributed by atoms with E-state index in [2.05, 4.69) is 12.2 Å². The number of unbranched alkanes of at least 4 members (excludes halogenated alkanes) is 1. The number of ether oxygens (including phenoxy) is 2. The molecule has 1 unspecified atom stereocenters. The summed E-state index contributed by atoms with van der Waals surface area (Å²) in [5.74, 6) is 0.655. The van der Waals surface area contributed by atoms with Gasteiger partial charge in [-0.3, -0.25) is 4.79 Å². The lowest BCUT2D eigenvalue weighted by atomic mass is 10.0. The number of nitrogens with one attached hydrogen (secondary N) is 1. The topological polar surface area (TPSA) is 67.8 Å². The molecule has 0 aromatic heterocycles. The zero-order valence-corrected chi connectivity index (χ0v) is 13.0. The van der Waals surface area contributed by atoms with Crippen molar-refractivity contribution in [2.45, 2.75) is 38.6 Å². The molecular formula is C16H25NO4. The number of benzene rings is 1. The fraction of sp³-hybridized carbons (Fsp3) is 0.562. The van der Waals surface area contributed by atoms with Crippen molar-refractivity contribution in [3.05, 3.63) is 23.8 Å². The van der Waals surface area contributed by atoms with E-state index in [1.165, 1.54) is 0 Å². The van der Waals surface area contributed by atoms with E-state index >= 15 is 0 Å². The largest absolute Gasteiger partial charge is 0.497 e. The summed E-state index contributed by atoms with van der Waals surface area (Å²) in [5.41, 5.74) is 0.980. The van der Waals surface area contributed by atoms with Gasteiger partial charge in [-0.15, -0.1) is 0 Å². The van der Waals surface area contributed by atoms with Crippen molar-refractivity contribution in [2.75, 3.05) is 20.8 Å². The predicted octanol–water partition coefficient (Wildman–Crippen LogP) is 2.48. The minimum atomic E-state index is -0.795. The normalized spacial score (nSPS) is 12.0. The van der Waals surface area contributed by atoms with Gasteiger partial charge in [0.15, 0.2) is 0 Å². The summed E-state index contributed by atoms with van der Waals surface area (Å²) < 4.78 is 10.5. The maximum atomic E-state index is 11.0. The molecule has 1 aromatic rings. The first kappa shape index (κ1) is 17.3. The van der Waals surface area contributed by atoms with Crippen molar-refractivity contribution >= 4 is 5.97 Å². The molecule has 0 amide bonds. The molecule has 5 nitrogen and oxygen atoms in total. The van der Waals surface area contributed by atoms with Gasteiger partial charge in [0.05, 0.1) is 20.6 Å². The second kappa shape index (κ2) is 9.23. The fourth-order valence-corrected chi connectivity index (χ4v) is 2.20. The molecular weight excluding hydrogens is 270 g/mol. The van der Waals surface area contributed by atoms with Gasteiger partial charge in [-0.1, -0.05) is 19.4 Å². The number of rotatable bonds is 10. The van der Waals surface area contributed by atoms with Gasteiger partial charge < -0.3 is 19.9 Å². The first-order valence-electron chi connectivity index (χ1n) is 7.26. The number of carboxylic acid groups (broad SMARTS) is 1. The van der Waals surface area contributed by atoms with E-state index in [-0.39, 0.29) is 12.5 Å². The van der Waals surface area contributed by atoms with Gasteiger partial charge >= 0.3 is 5.97 Å². The van der Waals surface area contributed by atoms with E-state index in [1.807, 2.05) is 18.2 Å². The maximum Gasteiger partial charge on any atom is 0.304 e. The van der Waals surface area contributed by atoms with E-state index in [4.69, 9.17) is 14.6 Å². The highest BCUT2D eigenvalue weighted by atomic mass is 16.5. The number of carboxylic acids is 1. The van der Waals surface area contributed by atoms with E-state index in [9.17, 15) is 4.79 Å². The van der Waals surface area contributed by atoms with Crippen molar-refractivity contribution in [2.24, 2.45) is 0 Å². The number of hydrogen-bond donors (Lipinski definition) is 2. The van der Waals surface area contributed by atoms with Gasteiger partial charge in [0.2, 0.25) is 0 Å². The number of aliphatic carboxylic acids is 1. The van der Waals surface area contributed by atoms with Crippen LogP contribution in [0, 0.1) is 0 Å². The second-order valence-corrected chi connectivity index (χ2v) is 4.98. The average molecular weight is 295 g/mol. The van der Waals surface area contributed by atoms with Crippen LogP contribution < -0.4 is 14.8 Å². The SMILES string of the molecule is CCCCNC(CC(=O)O)Cc1ccc(OC)cc1OC. The molecule has 1 aromatic carbocycles. The zero-order valence-electron chi connectivity index (χ0n) is 13.0. The maximum absolute atomic E-state index is 11.0. The van der Waals surface area contributed by atoms with Crippen molar-refractivity contribution in [1.29, 1.82) is 0 Å². The Labute approximate surface area is 126 Å². The third-order valence-corrected chi connectivity index (χ3v) is 3.34. The molecule has 0 aliphatic carbocycles. The molecule has 1 rings (SSSR count). The summed E-state index contributed by atoms with van der Waals surface area (Å²) in [7, 11) is 3.21. The molecule has 0 aliphatic heterocycles. The first-order chi connectivity index (χ1) is 10.1. The number of hydrogen-bond acceptors (Lipinski definition) is 4. The Hall–Kier alpha value is -1.75. The quantitative estimate of drug-likeness (QED) is 0.649. The lowest BCUT2D eigenvalue weighted by molar-refractivity contribution is -0.137. The monoisotopic (exact) mass is 295 g/mol. The Morgan fingerprint density at radius 2 is 2.10 bits per heavy atom. The molecule has 21 heavy (non-hydrogen) atoms. The Balaban J connectivity index is 2.78. The lowest BCUT2D eigenvalue weighted by Crippen LogP contribution is -2.34. The third-order valence-electron chi connectivity index (χ3n) is 3.34. The van der Waals surface area contributed by atoms with Crippen LogP contribution in [0.3, 0.4) is 0 Å². The average Bonchev–Trinajstić information content (AvgIpc) is 2.47. The van der Waals surface area contributed by atoms with Crippen molar-refractivity contribution in [3.63, 3.8) is 0 Å². The molecule has 0 fully saturated rings. The molecule has 0 heterocycles. The molecule has 2 N–H and O–H groups in total. The minimum Gasteiger partial charge on any atom is -0.497 e. The van der Waals surface area contributed by atoms with Crippen LogP contribution in [0.4, 0.5) is 0 Å². The standard InChI is InChI=1S/C16H25NO4/c1-4-5-8-17-13(10-16(18)19)9-12-6-7-14(20-2)11-15(12)21-3/h6-7,11,13,17H,4-5,8-10H2,1-3H3,(H,18,19). The van der Waals surface area contributed by atoms with Gasteiger partial charge in [-0.05, 0) is 31.0 Å². The van der Waals surface area contributed by atoms with E-state index in [0.717, 1.165) is 36.4 Å². The van der Waals surface area contributed by atoms with Crippen LogP contribution in [-0.2, 0) is 11.2 Å². The molecule has 5 heteroatoms. The summed E-state index contributed by atoms with van der Waals surface area (Å²) in [6.45, 7) is 2.94. The van der Waals surface area contributed by atoms with Crippen LogP contribution in [0.5, 0.6) is 11.5 Å². The zero-order chi connectivity index (χ0) is 15.7. The summed E-state index contributed by atoms with van der Waals surface area (Å²) in [6, 6.07) is 5.51. The predicted molar refractivity (Wildman–Crippen MR) is 82.2 cm³/mol. The van der Waals surface area contributed by atoms with Crippen LogP contribution in [0.2, 0.25) is 0 Å². The van der Waals surface area contributed by atoms with Gasteiger partial charge in [0.1, 0.15) is 11.5 Å². The second-order valence-electron chi connectivity index (χ2n) is 4.98. The van der Waals surface area contributed by atoms with Gasteiger partial charge in [-0.2, -0.15) is 0 Å². The first-order valence-corrected chi connectivity index (χ1v) is 7.26. The van der Waals surface area contributed by atoms with E-state index in [1.54, 1.807) is 14.2 Å². The molecule has 0 spiro atoms. The van der Waals surface area contributed by atoms with Crippen molar-refractivity contribution in [3.8, 4) is 11.5 Å². The summed E-state index contributed by atoms with van der Waals surface area (Å²) in [6.07, 6.45) is 2.83. The number of carbonyl (C=O) groups is 1. The molecule has 0 saturated carbocycles. The fourth-order valence-electron chi connectivity index (χ4n) is 2.20. The Morgan fingerprint density at radius 3 is 2.67 bits per heavy atom. The van der Waals surface area contributed by atoms with Crippen LogP contribution in [0.15, 0.2) is 18.2 Å². The lowest BCUT2D eigenvalue weighted by Gasteiger charge is -2.19. The highest BCUT2D eigenvalue weighted by Crippen LogP contribution is 2.26. The highest BCUT2D eigenvalue weighted by Gasteiger charge is 2.16. The van der Waals surface area contributed by atoms with Crippen LogP contribution in [-0.4, -0.2) is 37.9 Å². The summed E-state index contributed by atoms with van der Waals surface area (Å²) >= 11 is 0. The van der Waals surface area contributed by atoms with Crippen molar-refractivity contribution in [1.82, 2.24) is 5.32 Å². The Bertz CT molecular complexity index is 448. The smallest absolute Gasteiger partial charge is 0.304 e. The van der Waals surface area contributed by atoms with E-state index < -0.39 is 5.97 Å². The van der Waals surface area contributed by atoms with E-state index in [0.29, 0.717) is 6.42 Å². The molecule has 1 atom stereocenters. The van der Waals surface area contributed by atoms with Crippen LogP contribution in [0.25, 0.3) is 0 Å². The highest BCUT2D eigenvalue weighted by molar-refractivity contribution is 5.67. The molecule has 118 valence electrons. The van der Waals surface area contributed by atoms with Crippen LogP contribution in [0.1, 0.15) is 31.7 Å². The van der Waals surface area contributed by atoms with Gasteiger partial charge in [0, 0.05) is 12.1 Å². The molecule has 0 aliphatic rings. The van der Waals surface area contributed by atoms with Crippen LogP contribution >= 0.6 is 0 Å². The number of methoxy groups -OCH3 is 2. The van der Waals surface area contributed by atoms with Gasteiger partial charge in [0.25, 0.3) is 0 Å².